The molecule has 0 aliphatic carbocycles. The molecule has 1 atom stereocenters. The van der Waals surface area contributed by atoms with Crippen molar-refractivity contribution in [2.24, 2.45) is 11.3 Å². The number of nitrogens with one attached hydrogen (secondary N) is 1. The molecule has 0 fully saturated rings. The number of nitrogens with two attached hydrogens (primary N) is 1. The largest absolute Gasteiger partial charge is 0.405 e. The summed E-state index contributed by atoms with van der Waals surface area (Å²) in [5, 5.41) is 0. The predicted molar refractivity (Wildman–Crippen MR) is 45.9 cm³/mol. The summed E-state index contributed by atoms with van der Waals surface area (Å²) in [5.41, 5.74) is 1.69. The summed E-state index contributed by atoms with van der Waals surface area (Å²) in [4.78, 5) is 0. The van der Waals surface area contributed by atoms with E-state index < -0.39 is 12.2 Å². The van der Waals surface area contributed by atoms with Gasteiger partial charge in [-0.05, 0) is 18.3 Å². The quantitative estimate of drug-likeness (QED) is 0.539. The highest BCUT2D eigenvalue weighted by Gasteiger charge is 2.38. The summed E-state index contributed by atoms with van der Waals surface area (Å²) < 4.78 is 36.5. The first-order valence-electron chi connectivity index (χ1n) is 4.19. The van der Waals surface area contributed by atoms with Crippen LogP contribution >= 0.6 is 0 Å². The summed E-state index contributed by atoms with van der Waals surface area (Å²) >= 11 is 0. The first-order chi connectivity index (χ1) is 5.67. The van der Waals surface area contributed by atoms with Crippen LogP contribution in [0, 0.1) is 5.41 Å². The Hall–Kier alpha value is -0.290. The van der Waals surface area contributed by atoms with Crippen LogP contribution in [0.4, 0.5) is 13.2 Å². The molecule has 0 aliphatic heterocycles. The van der Waals surface area contributed by atoms with E-state index in [9.17, 15) is 13.2 Å². The van der Waals surface area contributed by atoms with Gasteiger partial charge >= 0.3 is 6.18 Å². The Bertz CT molecular complexity index is 148. The average Bonchev–Trinajstić information content (AvgIpc) is 1.82. The lowest BCUT2D eigenvalue weighted by molar-refractivity contribution is -0.158. The highest BCUT2D eigenvalue weighted by Crippen LogP contribution is 2.28. The third kappa shape index (κ3) is 5.87. The Kier molecular flexibility index (Phi) is 4.19. The first-order valence-corrected chi connectivity index (χ1v) is 4.19. The maximum Gasteiger partial charge on any atom is 0.405 e. The summed E-state index contributed by atoms with van der Waals surface area (Å²) in [7, 11) is 0. The van der Waals surface area contributed by atoms with Gasteiger partial charge in [-0.2, -0.15) is 13.2 Å². The number of hydrazine groups is 1. The fraction of sp³-hybridized carbons (Fsp3) is 1.00. The second-order valence-corrected chi connectivity index (χ2v) is 4.36. The van der Waals surface area contributed by atoms with Crippen molar-refractivity contribution < 1.29 is 13.2 Å². The lowest BCUT2D eigenvalue weighted by atomic mass is 9.89. The van der Waals surface area contributed by atoms with Crippen LogP contribution in [0.25, 0.3) is 0 Å². The molecule has 0 aromatic rings. The molecule has 3 N–H and O–H groups in total. The molecular weight excluding hydrogens is 181 g/mol. The van der Waals surface area contributed by atoms with E-state index in [2.05, 4.69) is 0 Å². The van der Waals surface area contributed by atoms with Gasteiger partial charge in [-0.25, -0.2) is 5.43 Å². The van der Waals surface area contributed by atoms with Gasteiger partial charge in [-0.1, -0.05) is 20.8 Å². The van der Waals surface area contributed by atoms with Crippen LogP contribution in [0.5, 0.6) is 0 Å². The van der Waals surface area contributed by atoms with Crippen molar-refractivity contribution in [2.45, 2.75) is 45.8 Å². The predicted octanol–water partition coefficient (Wildman–Crippen LogP) is 2.21. The minimum Gasteiger partial charge on any atom is -0.271 e. The van der Waals surface area contributed by atoms with E-state index in [1.807, 2.05) is 20.8 Å². The van der Waals surface area contributed by atoms with Gasteiger partial charge in [0, 0.05) is 0 Å². The highest BCUT2D eigenvalue weighted by atomic mass is 19.4. The second-order valence-electron chi connectivity index (χ2n) is 4.36. The molecule has 0 amide bonds. The molecule has 0 rings (SSSR count). The number of rotatable bonds is 3. The molecule has 5 heteroatoms. The zero-order valence-corrected chi connectivity index (χ0v) is 8.20. The van der Waals surface area contributed by atoms with Crippen molar-refractivity contribution in [1.82, 2.24) is 5.43 Å². The Morgan fingerprint density at radius 2 is 1.69 bits per heavy atom. The van der Waals surface area contributed by atoms with Crippen LogP contribution in [0.1, 0.15) is 33.6 Å². The molecule has 1 unspecified atom stereocenters. The van der Waals surface area contributed by atoms with E-state index in [1.165, 1.54) is 0 Å². The molecule has 0 bridgehead atoms. The Labute approximate surface area is 76.7 Å². The van der Waals surface area contributed by atoms with Crippen molar-refractivity contribution in [1.29, 1.82) is 0 Å². The van der Waals surface area contributed by atoms with E-state index in [-0.39, 0.29) is 11.8 Å². The lowest BCUT2D eigenvalue weighted by Gasteiger charge is -2.24. The van der Waals surface area contributed by atoms with Crippen molar-refractivity contribution in [3.63, 3.8) is 0 Å². The van der Waals surface area contributed by atoms with Gasteiger partial charge in [0.2, 0.25) is 0 Å². The summed E-state index contributed by atoms with van der Waals surface area (Å²) in [5.74, 6) is 4.82. The molecule has 0 saturated carbocycles. The monoisotopic (exact) mass is 198 g/mol. The van der Waals surface area contributed by atoms with E-state index in [4.69, 9.17) is 5.84 Å². The van der Waals surface area contributed by atoms with Crippen LogP contribution in [0.2, 0.25) is 0 Å². The zero-order valence-electron chi connectivity index (χ0n) is 8.20. The van der Waals surface area contributed by atoms with E-state index in [0.29, 0.717) is 6.42 Å². The van der Waals surface area contributed by atoms with Gasteiger partial charge in [-0.3, -0.25) is 5.84 Å². The van der Waals surface area contributed by atoms with Crippen molar-refractivity contribution >= 4 is 0 Å². The topological polar surface area (TPSA) is 38.0 Å². The molecule has 0 spiro atoms. The summed E-state index contributed by atoms with van der Waals surface area (Å²) in [6, 6.07) is -1.59. The Morgan fingerprint density at radius 3 is 1.92 bits per heavy atom. The number of alkyl halides is 3. The smallest absolute Gasteiger partial charge is 0.271 e. The van der Waals surface area contributed by atoms with Crippen LogP contribution in [-0.2, 0) is 0 Å². The second kappa shape index (κ2) is 4.28. The summed E-state index contributed by atoms with van der Waals surface area (Å²) in [6.07, 6.45) is -3.75. The highest BCUT2D eigenvalue weighted by molar-refractivity contribution is 4.75. The van der Waals surface area contributed by atoms with Crippen LogP contribution < -0.4 is 11.3 Å². The summed E-state index contributed by atoms with van der Waals surface area (Å²) in [6.45, 7) is 5.70. The molecule has 0 aliphatic rings. The zero-order chi connectivity index (χ0) is 10.7. The third-order valence-electron chi connectivity index (χ3n) is 1.78. The van der Waals surface area contributed by atoms with Crippen molar-refractivity contribution in [3.05, 3.63) is 0 Å². The molecule has 0 heterocycles. The van der Waals surface area contributed by atoms with E-state index >= 15 is 0 Å². The lowest BCUT2D eigenvalue weighted by Crippen LogP contribution is -2.46. The van der Waals surface area contributed by atoms with E-state index in [1.54, 1.807) is 5.43 Å². The molecule has 2 nitrogen and oxygen atoms in total. The number of hydrogen-bond donors (Lipinski definition) is 2. The Morgan fingerprint density at radius 1 is 1.23 bits per heavy atom. The molecular formula is C8H17F3N2. The number of hydrogen-bond acceptors (Lipinski definition) is 2. The molecule has 0 aromatic heterocycles. The molecule has 0 radical (unpaired) electrons. The van der Waals surface area contributed by atoms with Crippen LogP contribution in [-0.4, -0.2) is 12.2 Å². The Balaban J connectivity index is 4.02. The van der Waals surface area contributed by atoms with Crippen LogP contribution in [0.15, 0.2) is 0 Å². The molecule has 13 heavy (non-hydrogen) atoms. The maximum atomic E-state index is 12.2. The molecule has 0 aromatic carbocycles. The van der Waals surface area contributed by atoms with Gasteiger partial charge in [0.05, 0.1) is 0 Å². The first kappa shape index (κ1) is 12.7. The van der Waals surface area contributed by atoms with Crippen LogP contribution in [0.3, 0.4) is 0 Å². The van der Waals surface area contributed by atoms with Crippen molar-refractivity contribution in [2.75, 3.05) is 0 Å². The fourth-order valence-electron chi connectivity index (χ4n) is 0.919. The standard InChI is InChI=1S/C8H17F3N2/c1-7(2,3)5-4-6(13-12)8(9,10)11/h6,13H,4-5,12H2,1-3H3. The van der Waals surface area contributed by atoms with Crippen molar-refractivity contribution in [3.8, 4) is 0 Å². The minimum absolute atomic E-state index is 0.0174. The SMILES string of the molecule is CC(C)(C)CCC(NN)C(F)(F)F. The molecule has 0 saturated heterocycles. The van der Waals surface area contributed by atoms with E-state index in [0.717, 1.165) is 0 Å². The van der Waals surface area contributed by atoms with Gasteiger partial charge in [-0.15, -0.1) is 0 Å². The average molecular weight is 198 g/mol. The normalized spacial score (nSPS) is 15.9. The third-order valence-corrected chi connectivity index (χ3v) is 1.78. The minimum atomic E-state index is -4.25. The van der Waals surface area contributed by atoms with Gasteiger partial charge in [0.1, 0.15) is 6.04 Å². The maximum absolute atomic E-state index is 12.2. The number of halogens is 3. The van der Waals surface area contributed by atoms with Gasteiger partial charge < -0.3 is 0 Å². The van der Waals surface area contributed by atoms with Gasteiger partial charge in [0.25, 0.3) is 0 Å². The fourth-order valence-corrected chi connectivity index (χ4v) is 0.919. The molecule has 80 valence electrons. The van der Waals surface area contributed by atoms with Gasteiger partial charge in [0.15, 0.2) is 0 Å².